The Morgan fingerprint density at radius 1 is 1.26 bits per heavy atom. The van der Waals surface area contributed by atoms with Gasteiger partial charge in [-0.25, -0.2) is 0 Å². The van der Waals surface area contributed by atoms with E-state index < -0.39 is 13.5 Å². The van der Waals surface area contributed by atoms with Crippen molar-refractivity contribution in [1.82, 2.24) is 0 Å². The molecule has 2 rings (SSSR count). The third kappa shape index (κ3) is 8.91. The molecule has 5 heteroatoms. The van der Waals surface area contributed by atoms with Gasteiger partial charge in [-0.2, -0.15) is 0 Å². The van der Waals surface area contributed by atoms with Gasteiger partial charge in [0.2, 0.25) is 0 Å². The maximum Gasteiger partial charge on any atom is 0.314 e. The highest BCUT2D eigenvalue weighted by Gasteiger charge is 2.42. The molecule has 31 heavy (non-hydrogen) atoms. The number of hydrogen-bond donors (Lipinski definition) is 0. The smallest absolute Gasteiger partial charge is 0.314 e. The van der Waals surface area contributed by atoms with Gasteiger partial charge in [0.25, 0.3) is 0 Å². The van der Waals surface area contributed by atoms with E-state index in [2.05, 4.69) is 38.4 Å². The summed E-state index contributed by atoms with van der Waals surface area (Å²) >= 11 is 0. The van der Waals surface area contributed by atoms with Crippen LogP contribution in [0.25, 0.3) is 0 Å². The van der Waals surface area contributed by atoms with Crippen molar-refractivity contribution in [3.63, 3.8) is 0 Å². The monoisotopic (exact) mass is 446 g/mol. The number of ether oxygens (including phenoxy) is 3. The molecule has 1 fully saturated rings. The molecule has 1 heterocycles. The van der Waals surface area contributed by atoms with Gasteiger partial charge in [0, 0.05) is 14.5 Å². The predicted molar refractivity (Wildman–Crippen MR) is 130 cm³/mol. The van der Waals surface area contributed by atoms with E-state index in [1.165, 1.54) is 5.56 Å². The molecule has 0 N–H and O–H groups in total. The first-order valence-corrected chi connectivity index (χ1v) is 15.4. The molecule has 3 atom stereocenters. The summed E-state index contributed by atoms with van der Waals surface area (Å²) in [5.41, 5.74) is 0.526. The van der Waals surface area contributed by atoms with Crippen LogP contribution in [0.2, 0.25) is 25.7 Å². The van der Waals surface area contributed by atoms with Crippen LogP contribution in [0.1, 0.15) is 51.5 Å². The Kier molecular flexibility index (Phi) is 9.98. The van der Waals surface area contributed by atoms with Crippen LogP contribution in [0.15, 0.2) is 43.0 Å². The van der Waals surface area contributed by atoms with Gasteiger partial charge in [-0.1, -0.05) is 56.0 Å². The maximum atomic E-state index is 12.8. The van der Waals surface area contributed by atoms with Crippen LogP contribution in [0, 0.1) is 5.41 Å². The summed E-state index contributed by atoms with van der Waals surface area (Å²) in [6.07, 6.45) is 6.50. The fourth-order valence-corrected chi connectivity index (χ4v) is 4.59. The molecule has 4 nitrogen and oxygen atoms in total. The predicted octanol–water partition coefficient (Wildman–Crippen LogP) is 6.38. The molecule has 0 unspecified atom stereocenters. The molecule has 0 radical (unpaired) electrons. The van der Waals surface area contributed by atoms with Crippen molar-refractivity contribution in [2.75, 3.05) is 6.61 Å². The molecule has 0 bridgehead atoms. The Hall–Kier alpha value is -1.43. The Labute approximate surface area is 190 Å². The summed E-state index contributed by atoms with van der Waals surface area (Å²) in [5.74, 6) is -0.139. The van der Waals surface area contributed by atoms with Gasteiger partial charge in [0.05, 0.1) is 36.9 Å². The Morgan fingerprint density at radius 2 is 1.97 bits per heavy atom. The lowest BCUT2D eigenvalue weighted by Gasteiger charge is -2.39. The van der Waals surface area contributed by atoms with E-state index in [0.717, 1.165) is 38.1 Å². The van der Waals surface area contributed by atoms with Crippen molar-refractivity contribution in [2.45, 2.75) is 96.6 Å². The number of carbonyl (C=O) groups is 1. The molecule has 174 valence electrons. The van der Waals surface area contributed by atoms with Crippen LogP contribution in [-0.2, 0) is 25.6 Å². The summed E-state index contributed by atoms with van der Waals surface area (Å²) < 4.78 is 18.3. The van der Waals surface area contributed by atoms with Gasteiger partial charge >= 0.3 is 5.97 Å². The van der Waals surface area contributed by atoms with E-state index in [-0.39, 0.29) is 24.3 Å². The average molecular weight is 447 g/mol. The first-order chi connectivity index (χ1) is 14.6. The summed E-state index contributed by atoms with van der Waals surface area (Å²) in [6, 6.07) is 11.2. The van der Waals surface area contributed by atoms with Crippen molar-refractivity contribution < 1.29 is 19.0 Å². The van der Waals surface area contributed by atoms with Gasteiger partial charge < -0.3 is 14.2 Å². The van der Waals surface area contributed by atoms with Crippen LogP contribution in [0.3, 0.4) is 0 Å². The highest BCUT2D eigenvalue weighted by molar-refractivity contribution is 6.76. The minimum atomic E-state index is -1.22. The fourth-order valence-electron chi connectivity index (χ4n) is 3.87. The van der Waals surface area contributed by atoms with E-state index in [0.29, 0.717) is 13.2 Å². The zero-order valence-electron chi connectivity index (χ0n) is 20.2. The van der Waals surface area contributed by atoms with Crippen molar-refractivity contribution in [2.24, 2.45) is 5.41 Å². The second-order valence-electron chi connectivity index (χ2n) is 10.5. The van der Waals surface area contributed by atoms with Crippen molar-refractivity contribution >= 4 is 14.0 Å². The molecule has 1 aliphatic heterocycles. The lowest BCUT2D eigenvalue weighted by molar-refractivity contribution is -0.173. The van der Waals surface area contributed by atoms with Crippen LogP contribution in [0.4, 0.5) is 0 Å². The summed E-state index contributed by atoms with van der Waals surface area (Å²) in [7, 11) is -1.22. The third-order valence-electron chi connectivity index (χ3n) is 6.05. The zero-order valence-corrected chi connectivity index (χ0v) is 21.2. The summed E-state index contributed by atoms with van der Waals surface area (Å²) in [5, 5.41) is 0. The Morgan fingerprint density at radius 3 is 2.61 bits per heavy atom. The molecule has 1 aromatic carbocycles. The SMILES string of the molecule is C=CC[C@H](C[C@@H]1CCC[C@H](C(C)(C)C(=O)OCC[Si](C)(C)C)O1)OCc1ccccc1. The van der Waals surface area contributed by atoms with Crippen molar-refractivity contribution in [3.8, 4) is 0 Å². The number of hydrogen-bond acceptors (Lipinski definition) is 4. The van der Waals surface area contributed by atoms with Crippen LogP contribution in [0.5, 0.6) is 0 Å². The van der Waals surface area contributed by atoms with Gasteiger partial charge in [-0.3, -0.25) is 4.79 Å². The molecule has 0 amide bonds. The number of rotatable bonds is 12. The van der Waals surface area contributed by atoms with Crippen LogP contribution >= 0.6 is 0 Å². The largest absolute Gasteiger partial charge is 0.466 e. The molecule has 0 aliphatic carbocycles. The van der Waals surface area contributed by atoms with E-state index in [9.17, 15) is 4.79 Å². The van der Waals surface area contributed by atoms with E-state index >= 15 is 0 Å². The lowest BCUT2D eigenvalue weighted by Crippen LogP contribution is -2.45. The van der Waals surface area contributed by atoms with E-state index in [1.807, 2.05) is 38.1 Å². The standard InChI is InChI=1S/C26H42O4Si/c1-7-12-22(29-20-21-13-9-8-10-14-21)19-23-15-11-16-24(30-23)26(2,3)25(27)28-17-18-31(4,5)6/h7-10,13-14,22-24H,1,11-12,15-20H2,2-6H3/t22-,23+,24-/m1/s1. The lowest BCUT2D eigenvalue weighted by atomic mass is 9.81. The normalized spacial score (nSPS) is 20.8. The van der Waals surface area contributed by atoms with Crippen LogP contribution in [-0.4, -0.2) is 39.0 Å². The van der Waals surface area contributed by atoms with Gasteiger partial charge in [-0.15, -0.1) is 6.58 Å². The van der Waals surface area contributed by atoms with Gasteiger partial charge in [-0.05, 0) is 51.1 Å². The molecule has 1 aliphatic rings. The minimum Gasteiger partial charge on any atom is -0.466 e. The van der Waals surface area contributed by atoms with Crippen molar-refractivity contribution in [1.29, 1.82) is 0 Å². The number of carbonyl (C=O) groups excluding carboxylic acids is 1. The average Bonchev–Trinajstić information content (AvgIpc) is 2.72. The first-order valence-electron chi connectivity index (χ1n) is 11.7. The molecular formula is C26H42O4Si. The van der Waals surface area contributed by atoms with E-state index in [4.69, 9.17) is 14.2 Å². The molecule has 0 saturated carbocycles. The number of esters is 1. The van der Waals surface area contributed by atoms with E-state index in [1.54, 1.807) is 0 Å². The summed E-state index contributed by atoms with van der Waals surface area (Å²) in [4.78, 5) is 12.8. The fraction of sp³-hybridized carbons (Fsp3) is 0.654. The highest BCUT2D eigenvalue weighted by Crippen LogP contribution is 2.35. The molecule has 0 aromatic heterocycles. The molecule has 1 aromatic rings. The molecule has 0 spiro atoms. The third-order valence-corrected chi connectivity index (χ3v) is 7.75. The topological polar surface area (TPSA) is 44.8 Å². The van der Waals surface area contributed by atoms with Crippen LogP contribution < -0.4 is 0 Å². The molecular weight excluding hydrogens is 404 g/mol. The first kappa shape index (κ1) is 25.8. The van der Waals surface area contributed by atoms with Gasteiger partial charge in [0.15, 0.2) is 0 Å². The Bertz CT molecular complexity index is 680. The Balaban J connectivity index is 1.89. The minimum absolute atomic E-state index is 0.0632. The van der Waals surface area contributed by atoms with Gasteiger partial charge in [0.1, 0.15) is 0 Å². The highest BCUT2D eigenvalue weighted by atomic mass is 28.3. The van der Waals surface area contributed by atoms with Crippen molar-refractivity contribution in [3.05, 3.63) is 48.6 Å². The summed E-state index contributed by atoms with van der Waals surface area (Å²) in [6.45, 7) is 15.8. The molecule has 1 saturated heterocycles. The second kappa shape index (κ2) is 12.0. The second-order valence-corrected chi connectivity index (χ2v) is 16.1. The maximum absolute atomic E-state index is 12.8. The zero-order chi connectivity index (χ0) is 22.9. The number of benzene rings is 1. The quantitative estimate of drug-likeness (QED) is 0.212.